The maximum absolute atomic E-state index is 13.0. The van der Waals surface area contributed by atoms with Gasteiger partial charge in [0.25, 0.3) is 0 Å². The van der Waals surface area contributed by atoms with Crippen molar-refractivity contribution in [3.8, 4) is 11.8 Å². The Morgan fingerprint density at radius 1 is 1.00 bits per heavy atom. The molecule has 39 heavy (non-hydrogen) atoms. The van der Waals surface area contributed by atoms with Gasteiger partial charge in [-0.2, -0.15) is 23.1 Å². The quantitative estimate of drug-likeness (QED) is 0.218. The molecule has 0 aliphatic rings. The first-order valence-electron chi connectivity index (χ1n) is 11.6. The lowest BCUT2D eigenvalue weighted by Gasteiger charge is -2.17. The van der Waals surface area contributed by atoms with Gasteiger partial charge >= 0.3 is 24.1 Å². The lowest BCUT2D eigenvalue weighted by molar-refractivity contribution is -0.137. The fraction of sp³-hybridized carbons (Fsp3) is 0.292. The Balaban J connectivity index is 1.53. The second-order valence-corrected chi connectivity index (χ2v) is 8.20. The number of aromatic nitrogens is 3. The molecule has 0 unspecified atom stereocenters. The molecule has 0 bridgehead atoms. The number of hydroxylamine groups is 1. The molecule has 2 aromatic carbocycles. The van der Waals surface area contributed by atoms with E-state index in [1.807, 2.05) is 13.8 Å². The van der Waals surface area contributed by atoms with E-state index in [1.54, 1.807) is 0 Å². The molecule has 1 heterocycles. The summed E-state index contributed by atoms with van der Waals surface area (Å²) in [4.78, 5) is 43.4. The van der Waals surface area contributed by atoms with Gasteiger partial charge in [0.05, 0.1) is 17.2 Å². The van der Waals surface area contributed by atoms with Crippen molar-refractivity contribution in [3.63, 3.8) is 0 Å². The van der Waals surface area contributed by atoms with Crippen LogP contribution in [-0.4, -0.2) is 58.0 Å². The Kier molecular flexibility index (Phi) is 10.4. The normalized spacial score (nSPS) is 11.3. The van der Waals surface area contributed by atoms with Crippen molar-refractivity contribution in [3.05, 3.63) is 65.2 Å². The van der Waals surface area contributed by atoms with E-state index in [2.05, 4.69) is 36.0 Å². The fourth-order valence-electron chi connectivity index (χ4n) is 3.14. The third kappa shape index (κ3) is 9.05. The highest BCUT2D eigenvalue weighted by molar-refractivity contribution is 6.31. The molecular formula is C24H25ClF3N7O4. The molecule has 0 radical (unpaired) electrons. The zero-order valence-corrected chi connectivity index (χ0v) is 21.6. The van der Waals surface area contributed by atoms with Gasteiger partial charge in [0.1, 0.15) is 12.1 Å². The maximum atomic E-state index is 13.0. The molecule has 15 heteroatoms. The van der Waals surface area contributed by atoms with E-state index >= 15 is 0 Å². The monoisotopic (exact) mass is 567 g/mol. The number of urea groups is 1. The summed E-state index contributed by atoms with van der Waals surface area (Å²) in [5.41, 5.74) is 1.43. The number of halogens is 4. The molecule has 0 fully saturated rings. The van der Waals surface area contributed by atoms with Crippen LogP contribution in [0.25, 0.3) is 0 Å². The van der Waals surface area contributed by atoms with Gasteiger partial charge in [-0.25, -0.2) is 15.3 Å². The Labute approximate surface area is 226 Å². The van der Waals surface area contributed by atoms with Crippen molar-refractivity contribution in [2.45, 2.75) is 20.0 Å². The number of amides is 3. The number of hydrogen-bond donors (Lipinski definition) is 3. The van der Waals surface area contributed by atoms with Gasteiger partial charge in [-0.1, -0.05) is 25.4 Å². The number of alkyl halides is 3. The summed E-state index contributed by atoms with van der Waals surface area (Å²) in [6.07, 6.45) is -3.56. The minimum atomic E-state index is -4.66. The van der Waals surface area contributed by atoms with Crippen LogP contribution in [-0.2, 0) is 11.0 Å². The van der Waals surface area contributed by atoms with E-state index in [4.69, 9.17) is 21.2 Å². The molecule has 0 aliphatic heterocycles. The number of anilines is 2. The average Bonchev–Trinajstić information content (AvgIpc) is 2.90. The van der Waals surface area contributed by atoms with Gasteiger partial charge in [-0.05, 0) is 55.6 Å². The van der Waals surface area contributed by atoms with Gasteiger partial charge in [0, 0.05) is 17.9 Å². The number of hydrogen-bond acceptors (Lipinski definition) is 8. The fourth-order valence-corrected chi connectivity index (χ4v) is 3.37. The number of carbonyl (C=O) groups excluding carboxylic acids is 2. The Morgan fingerprint density at radius 2 is 1.67 bits per heavy atom. The Hall–Kier alpha value is -4.01. The number of nitrogens with zero attached hydrogens (tertiary/aromatic N) is 4. The van der Waals surface area contributed by atoms with Crippen molar-refractivity contribution >= 4 is 34.9 Å². The highest BCUT2D eigenvalue weighted by Gasteiger charge is 2.33. The van der Waals surface area contributed by atoms with Crippen LogP contribution in [0.15, 0.2) is 48.8 Å². The minimum Gasteiger partial charge on any atom is -0.424 e. The van der Waals surface area contributed by atoms with Gasteiger partial charge in [0.15, 0.2) is 0 Å². The van der Waals surface area contributed by atoms with Crippen LogP contribution in [0.4, 0.5) is 29.3 Å². The van der Waals surface area contributed by atoms with E-state index < -0.39 is 28.7 Å². The van der Waals surface area contributed by atoms with Crippen molar-refractivity contribution in [2.75, 3.05) is 36.9 Å². The van der Waals surface area contributed by atoms with Crippen molar-refractivity contribution in [1.82, 2.24) is 25.3 Å². The number of nitrogens with one attached hydrogen (secondary N) is 3. The van der Waals surface area contributed by atoms with Crippen LogP contribution >= 0.6 is 11.6 Å². The molecule has 0 spiro atoms. The smallest absolute Gasteiger partial charge is 0.417 e. The maximum Gasteiger partial charge on any atom is 0.417 e. The number of carbonyl (C=O) groups is 2. The highest BCUT2D eigenvalue weighted by atomic mass is 35.5. The first-order valence-corrected chi connectivity index (χ1v) is 12.0. The molecule has 3 aromatic rings. The summed E-state index contributed by atoms with van der Waals surface area (Å²) in [6, 6.07) is 8.04. The molecule has 3 amide bonds. The van der Waals surface area contributed by atoms with E-state index in [0.717, 1.165) is 31.5 Å². The third-order valence-corrected chi connectivity index (χ3v) is 5.50. The van der Waals surface area contributed by atoms with E-state index in [0.29, 0.717) is 12.2 Å². The zero-order valence-electron chi connectivity index (χ0n) is 20.9. The summed E-state index contributed by atoms with van der Waals surface area (Å²) in [5.74, 6) is -0.606. The van der Waals surface area contributed by atoms with Gasteiger partial charge in [-0.3, -0.25) is 9.63 Å². The van der Waals surface area contributed by atoms with Crippen molar-refractivity contribution < 1.29 is 32.3 Å². The minimum absolute atomic E-state index is 0.0897. The summed E-state index contributed by atoms with van der Waals surface area (Å²) in [6.45, 7) is 6.71. The van der Waals surface area contributed by atoms with Crippen molar-refractivity contribution in [1.29, 1.82) is 0 Å². The van der Waals surface area contributed by atoms with Gasteiger partial charge in [-0.15, -0.1) is 0 Å². The van der Waals surface area contributed by atoms with Crippen LogP contribution in [0, 0.1) is 0 Å². The first-order chi connectivity index (χ1) is 18.6. The summed E-state index contributed by atoms with van der Waals surface area (Å²) in [5, 5.41) is 4.32. The molecule has 0 saturated heterocycles. The Morgan fingerprint density at radius 3 is 2.33 bits per heavy atom. The van der Waals surface area contributed by atoms with Crippen LogP contribution < -0.4 is 20.9 Å². The van der Waals surface area contributed by atoms with Gasteiger partial charge in [0.2, 0.25) is 5.82 Å². The molecule has 3 rings (SSSR count). The first kappa shape index (κ1) is 29.5. The van der Waals surface area contributed by atoms with Gasteiger partial charge < -0.3 is 20.3 Å². The number of rotatable bonds is 11. The van der Waals surface area contributed by atoms with E-state index in [-0.39, 0.29) is 29.9 Å². The predicted molar refractivity (Wildman–Crippen MR) is 137 cm³/mol. The van der Waals surface area contributed by atoms with Crippen LogP contribution in [0.1, 0.15) is 30.0 Å². The lowest BCUT2D eigenvalue weighted by Crippen LogP contribution is -2.32. The molecule has 3 N–H and O–H groups in total. The van der Waals surface area contributed by atoms with Crippen LogP contribution in [0.2, 0.25) is 5.02 Å². The highest BCUT2D eigenvalue weighted by Crippen LogP contribution is 2.36. The number of ether oxygens (including phenoxy) is 1. The summed E-state index contributed by atoms with van der Waals surface area (Å²) in [7, 11) is 0. The van der Waals surface area contributed by atoms with Crippen LogP contribution in [0.3, 0.4) is 0 Å². The zero-order chi connectivity index (χ0) is 28.4. The molecule has 0 saturated carbocycles. The average molecular weight is 568 g/mol. The number of benzene rings is 2. The predicted octanol–water partition coefficient (Wildman–Crippen LogP) is 4.98. The van der Waals surface area contributed by atoms with Crippen LogP contribution in [0.5, 0.6) is 11.8 Å². The largest absolute Gasteiger partial charge is 0.424 e. The molecule has 0 aliphatic carbocycles. The van der Waals surface area contributed by atoms with E-state index in [9.17, 15) is 22.8 Å². The second kappa shape index (κ2) is 13.7. The molecule has 208 valence electrons. The second-order valence-electron chi connectivity index (χ2n) is 7.80. The Bertz CT molecular complexity index is 1280. The lowest BCUT2D eigenvalue weighted by atomic mass is 10.2. The summed E-state index contributed by atoms with van der Waals surface area (Å²) < 4.78 is 44.6. The summed E-state index contributed by atoms with van der Waals surface area (Å²) >= 11 is 5.59. The number of likely N-dealkylation sites (N-methyl/N-ethyl adjacent to an activating group) is 1. The molecular weight excluding hydrogens is 543 g/mol. The van der Waals surface area contributed by atoms with Crippen molar-refractivity contribution in [2.24, 2.45) is 0 Å². The SMILES string of the molecule is CCN(CC)CCONC(=O)c1ncnc(Oc2ccc(NC(=O)Nc3ccc(Cl)c(C(F)(F)F)c3)cc2)n1. The molecule has 0 atom stereocenters. The van der Waals surface area contributed by atoms with E-state index in [1.165, 1.54) is 30.3 Å². The third-order valence-electron chi connectivity index (χ3n) is 5.17. The molecule has 1 aromatic heterocycles. The molecule has 11 nitrogen and oxygen atoms in total. The topological polar surface area (TPSA) is 131 Å². The standard InChI is InChI=1S/C24H25ClF3N7O4/c1-3-35(4-2)11-12-38-34-21(36)20-29-14-30-23(33-20)39-17-8-5-15(6-9-17)31-22(37)32-16-7-10-19(25)18(13-16)24(26,27)28/h5-10,13-14H,3-4,11-12H2,1-2H3,(H,34,36)(H2,31,32,37).